The fourth-order valence-electron chi connectivity index (χ4n) is 2.73. The molecular formula is C19H17ClN2O4. The van der Waals surface area contributed by atoms with Gasteiger partial charge < -0.3 is 15.1 Å². The first-order chi connectivity index (χ1) is 12.0. The molecule has 2 aromatic carbocycles. The zero-order valence-electron chi connectivity index (χ0n) is 13.9. The molecule has 0 bridgehead atoms. The Hall–Kier alpha value is -3.12. The van der Waals surface area contributed by atoms with Gasteiger partial charge in [0.05, 0.1) is 5.56 Å². The van der Waals surface area contributed by atoms with Gasteiger partial charge in [0.1, 0.15) is 5.75 Å². The Bertz CT molecular complexity index is 969. The number of carboxylic acid groups (broad SMARTS) is 1. The minimum atomic E-state index is -1.20. The number of aromatic carboxylic acids is 1. The van der Waals surface area contributed by atoms with Crippen molar-refractivity contribution in [2.45, 2.75) is 6.54 Å². The molecule has 6 nitrogen and oxygen atoms in total. The number of nitrogens with zero attached hydrogens (tertiary/aromatic N) is 2. The maximum atomic E-state index is 12.6. The molecule has 0 saturated carbocycles. The van der Waals surface area contributed by atoms with E-state index in [0.29, 0.717) is 6.54 Å². The van der Waals surface area contributed by atoms with E-state index in [1.54, 1.807) is 19.4 Å². The largest absolute Gasteiger partial charge is 0.508 e. The molecule has 3 aromatic rings. The van der Waals surface area contributed by atoms with Crippen LogP contribution in [0.15, 0.2) is 54.9 Å². The van der Waals surface area contributed by atoms with Crippen LogP contribution in [0.3, 0.4) is 0 Å². The van der Waals surface area contributed by atoms with E-state index >= 15 is 0 Å². The summed E-state index contributed by atoms with van der Waals surface area (Å²) in [5.41, 5.74) is 0.948. The first-order valence-electron chi connectivity index (χ1n) is 7.60. The number of rotatable bonds is 4. The normalized spacial score (nSPS) is 10.2. The van der Waals surface area contributed by atoms with Gasteiger partial charge in [0.15, 0.2) is 0 Å². The molecule has 3 rings (SSSR count). The van der Waals surface area contributed by atoms with Crippen LogP contribution < -0.4 is 0 Å². The Morgan fingerprint density at radius 1 is 1.12 bits per heavy atom. The number of carbonyl (C=O) groups excluding carboxylic acids is 1. The number of aromatic hydroxyl groups is 1. The average Bonchev–Trinajstić information content (AvgIpc) is 2.60. The zero-order valence-corrected chi connectivity index (χ0v) is 14.7. The maximum Gasteiger partial charge on any atom is 0.335 e. The van der Waals surface area contributed by atoms with Crippen LogP contribution in [0, 0.1) is 0 Å². The SMILES string of the molecule is CN(Cc1cccc2cnccc12)C(=O)c1cc(O)cc(C(=O)O)c1.Cl. The number of benzene rings is 2. The highest BCUT2D eigenvalue weighted by Crippen LogP contribution is 2.21. The number of pyridine rings is 1. The summed E-state index contributed by atoms with van der Waals surface area (Å²) < 4.78 is 0. The molecule has 0 saturated heterocycles. The molecule has 0 aliphatic rings. The van der Waals surface area contributed by atoms with Gasteiger partial charge in [-0.3, -0.25) is 9.78 Å². The van der Waals surface area contributed by atoms with Gasteiger partial charge in [0, 0.05) is 36.9 Å². The number of hydrogen-bond acceptors (Lipinski definition) is 4. The number of hydrogen-bond donors (Lipinski definition) is 2. The summed E-state index contributed by atoms with van der Waals surface area (Å²) in [5, 5.41) is 20.7. The fourth-order valence-corrected chi connectivity index (χ4v) is 2.73. The van der Waals surface area contributed by atoms with Crippen LogP contribution in [-0.4, -0.2) is 39.0 Å². The van der Waals surface area contributed by atoms with E-state index in [-0.39, 0.29) is 35.2 Å². The summed E-state index contributed by atoms with van der Waals surface area (Å²) in [6.07, 6.45) is 3.46. The molecular weight excluding hydrogens is 356 g/mol. The number of carboxylic acids is 1. The van der Waals surface area contributed by atoms with Crippen LogP contribution in [0.1, 0.15) is 26.3 Å². The second-order valence-corrected chi connectivity index (χ2v) is 5.75. The lowest BCUT2D eigenvalue weighted by atomic mass is 10.1. The van der Waals surface area contributed by atoms with Crippen molar-refractivity contribution in [3.63, 3.8) is 0 Å². The summed E-state index contributed by atoms with van der Waals surface area (Å²) in [6.45, 7) is 0.345. The zero-order chi connectivity index (χ0) is 18.0. The number of halogens is 1. The Labute approximate surface area is 156 Å². The third-order valence-electron chi connectivity index (χ3n) is 3.94. The second kappa shape index (κ2) is 7.84. The van der Waals surface area contributed by atoms with Gasteiger partial charge in [-0.15, -0.1) is 12.4 Å². The van der Waals surface area contributed by atoms with Gasteiger partial charge in [-0.2, -0.15) is 0 Å². The Balaban J connectivity index is 0.00000243. The molecule has 0 aliphatic carbocycles. The van der Waals surface area contributed by atoms with Crippen molar-refractivity contribution >= 4 is 35.1 Å². The number of aromatic nitrogens is 1. The van der Waals surface area contributed by atoms with E-state index in [0.717, 1.165) is 22.4 Å². The topological polar surface area (TPSA) is 90.7 Å². The lowest BCUT2D eigenvalue weighted by molar-refractivity contribution is 0.0696. The van der Waals surface area contributed by atoms with Crippen molar-refractivity contribution in [3.05, 3.63) is 71.5 Å². The molecule has 0 aliphatic heterocycles. The third-order valence-corrected chi connectivity index (χ3v) is 3.94. The summed E-state index contributed by atoms with van der Waals surface area (Å²) in [6, 6.07) is 11.3. The lowest BCUT2D eigenvalue weighted by Crippen LogP contribution is -2.26. The van der Waals surface area contributed by atoms with E-state index in [9.17, 15) is 14.7 Å². The van der Waals surface area contributed by atoms with Crippen LogP contribution in [-0.2, 0) is 6.54 Å². The smallest absolute Gasteiger partial charge is 0.335 e. The molecule has 0 fully saturated rings. The van der Waals surface area contributed by atoms with Gasteiger partial charge in [0.2, 0.25) is 0 Å². The standard InChI is InChI=1S/C19H16N2O4.ClH/c1-21(11-13-4-2-3-12-10-20-6-5-17(12)13)18(23)14-7-15(19(24)25)9-16(22)8-14;/h2-10,22H,11H2,1H3,(H,24,25);1H. The van der Waals surface area contributed by atoms with Crippen LogP contribution in [0.4, 0.5) is 0 Å². The van der Waals surface area contributed by atoms with Gasteiger partial charge in [-0.05, 0) is 35.2 Å². The van der Waals surface area contributed by atoms with E-state index < -0.39 is 5.97 Å². The Morgan fingerprint density at radius 3 is 2.58 bits per heavy atom. The molecule has 0 atom stereocenters. The lowest BCUT2D eigenvalue weighted by Gasteiger charge is -2.19. The van der Waals surface area contributed by atoms with Gasteiger partial charge >= 0.3 is 5.97 Å². The minimum absolute atomic E-state index is 0. The van der Waals surface area contributed by atoms with Crippen molar-refractivity contribution in [3.8, 4) is 5.75 Å². The number of phenols is 1. The molecule has 1 amide bonds. The van der Waals surface area contributed by atoms with Gasteiger partial charge in [-0.25, -0.2) is 4.79 Å². The average molecular weight is 373 g/mol. The van der Waals surface area contributed by atoms with E-state index in [2.05, 4.69) is 4.98 Å². The van der Waals surface area contributed by atoms with Crippen LogP contribution in [0.25, 0.3) is 10.8 Å². The van der Waals surface area contributed by atoms with Crippen LogP contribution in [0.5, 0.6) is 5.75 Å². The molecule has 0 spiro atoms. The highest BCUT2D eigenvalue weighted by Gasteiger charge is 2.16. The minimum Gasteiger partial charge on any atom is -0.508 e. The number of fused-ring (bicyclic) bond motifs is 1. The highest BCUT2D eigenvalue weighted by molar-refractivity contribution is 5.98. The van der Waals surface area contributed by atoms with Gasteiger partial charge in [-0.1, -0.05) is 18.2 Å². The number of amides is 1. The third kappa shape index (κ3) is 3.92. The van der Waals surface area contributed by atoms with Crippen LogP contribution in [0.2, 0.25) is 0 Å². The van der Waals surface area contributed by atoms with Crippen molar-refractivity contribution in [2.24, 2.45) is 0 Å². The Morgan fingerprint density at radius 2 is 1.85 bits per heavy atom. The first kappa shape index (κ1) is 19.2. The van der Waals surface area contributed by atoms with Crippen molar-refractivity contribution in [1.29, 1.82) is 0 Å². The number of carbonyl (C=O) groups is 2. The molecule has 7 heteroatoms. The summed E-state index contributed by atoms with van der Waals surface area (Å²) >= 11 is 0. The van der Waals surface area contributed by atoms with E-state index in [1.165, 1.54) is 17.0 Å². The molecule has 134 valence electrons. The summed E-state index contributed by atoms with van der Waals surface area (Å²) in [7, 11) is 1.63. The summed E-state index contributed by atoms with van der Waals surface area (Å²) in [5.74, 6) is -1.83. The molecule has 1 heterocycles. The van der Waals surface area contributed by atoms with Crippen molar-refractivity contribution in [2.75, 3.05) is 7.05 Å². The maximum absolute atomic E-state index is 12.6. The Kier molecular flexibility index (Phi) is 5.79. The molecule has 26 heavy (non-hydrogen) atoms. The van der Waals surface area contributed by atoms with Crippen LogP contribution >= 0.6 is 12.4 Å². The molecule has 0 radical (unpaired) electrons. The predicted molar refractivity (Wildman–Crippen MR) is 99.9 cm³/mol. The first-order valence-corrected chi connectivity index (χ1v) is 7.60. The molecule has 0 unspecified atom stereocenters. The highest BCUT2D eigenvalue weighted by atomic mass is 35.5. The summed E-state index contributed by atoms with van der Waals surface area (Å²) in [4.78, 5) is 29.3. The van der Waals surface area contributed by atoms with E-state index in [1.807, 2.05) is 24.3 Å². The second-order valence-electron chi connectivity index (χ2n) is 5.75. The van der Waals surface area contributed by atoms with Crippen molar-refractivity contribution in [1.82, 2.24) is 9.88 Å². The van der Waals surface area contributed by atoms with E-state index in [4.69, 9.17) is 5.11 Å². The monoisotopic (exact) mass is 372 g/mol. The van der Waals surface area contributed by atoms with Crippen molar-refractivity contribution < 1.29 is 19.8 Å². The fraction of sp³-hybridized carbons (Fsp3) is 0.105. The molecule has 1 aromatic heterocycles. The van der Waals surface area contributed by atoms with Gasteiger partial charge in [0.25, 0.3) is 5.91 Å². The molecule has 2 N–H and O–H groups in total. The predicted octanol–water partition coefficient (Wildman–Crippen LogP) is 3.33. The number of phenolic OH excluding ortho intramolecular Hbond substituents is 1. The quantitative estimate of drug-likeness (QED) is 0.733.